The van der Waals surface area contributed by atoms with Gasteiger partial charge in [-0.1, -0.05) is 49.2 Å². The summed E-state index contributed by atoms with van der Waals surface area (Å²) in [6.45, 7) is 3.98. The predicted molar refractivity (Wildman–Crippen MR) is 78.4 cm³/mol. The van der Waals surface area contributed by atoms with Crippen LogP contribution in [0.3, 0.4) is 0 Å². The zero-order chi connectivity index (χ0) is 14.2. The maximum absolute atomic E-state index is 9.49. The van der Waals surface area contributed by atoms with Crippen molar-refractivity contribution < 1.29 is 10.2 Å². The van der Waals surface area contributed by atoms with Gasteiger partial charge >= 0.3 is 0 Å². The van der Waals surface area contributed by atoms with Crippen molar-refractivity contribution >= 4 is 23.2 Å². The molecule has 0 radical (unpaired) electrons. The molecule has 0 fully saturated rings. The van der Waals surface area contributed by atoms with Crippen molar-refractivity contribution in [1.29, 1.82) is 0 Å². The first-order chi connectivity index (χ1) is 8.82. The summed E-state index contributed by atoms with van der Waals surface area (Å²) in [5.41, 5.74) is 1.29. The Bertz CT molecular complexity index is 581. The van der Waals surface area contributed by atoms with Crippen LogP contribution in [0, 0.1) is 0 Å². The van der Waals surface area contributed by atoms with E-state index in [1.807, 2.05) is 26.0 Å². The largest absolute Gasteiger partial charge is 0.508 e. The highest BCUT2D eigenvalue weighted by Gasteiger charge is 2.28. The number of phenols is 2. The average molecular weight is 297 g/mol. The standard InChI is InChI=1S/C15H14Cl2O2/c1-15(2,9-3-5-10(18)6-4-9)14-12(16)7-11(19)8-13(14)17/h3-8,18-19H,1-2H3. The third-order valence-corrected chi connectivity index (χ3v) is 3.84. The van der Waals surface area contributed by atoms with Crippen molar-refractivity contribution in [1.82, 2.24) is 0 Å². The van der Waals surface area contributed by atoms with E-state index in [-0.39, 0.29) is 11.5 Å². The molecule has 0 unspecified atom stereocenters. The van der Waals surface area contributed by atoms with Crippen molar-refractivity contribution in [2.75, 3.05) is 0 Å². The van der Waals surface area contributed by atoms with Crippen molar-refractivity contribution in [3.05, 3.63) is 57.6 Å². The van der Waals surface area contributed by atoms with Gasteiger partial charge in [-0.2, -0.15) is 0 Å². The Kier molecular flexibility index (Phi) is 3.66. The summed E-state index contributed by atoms with van der Waals surface area (Å²) in [7, 11) is 0. The molecule has 0 atom stereocenters. The Morgan fingerprint density at radius 2 is 1.32 bits per heavy atom. The summed E-state index contributed by atoms with van der Waals surface area (Å²) in [6.07, 6.45) is 0. The first-order valence-electron chi connectivity index (χ1n) is 5.80. The van der Waals surface area contributed by atoms with Gasteiger partial charge in [0, 0.05) is 15.5 Å². The van der Waals surface area contributed by atoms with Crippen LogP contribution in [0.25, 0.3) is 0 Å². The van der Waals surface area contributed by atoms with E-state index >= 15 is 0 Å². The van der Waals surface area contributed by atoms with Gasteiger partial charge in [0.1, 0.15) is 11.5 Å². The van der Waals surface area contributed by atoms with E-state index < -0.39 is 5.41 Å². The molecule has 100 valence electrons. The van der Waals surface area contributed by atoms with Crippen LogP contribution in [0.15, 0.2) is 36.4 Å². The number of aromatic hydroxyl groups is 2. The minimum atomic E-state index is -0.435. The Labute approximate surface area is 122 Å². The molecule has 0 spiro atoms. The smallest absolute Gasteiger partial charge is 0.118 e. The fourth-order valence-corrected chi connectivity index (χ4v) is 3.13. The number of hydrogen-bond donors (Lipinski definition) is 2. The Balaban J connectivity index is 2.59. The molecular formula is C15H14Cl2O2. The molecule has 0 heterocycles. The topological polar surface area (TPSA) is 40.5 Å². The van der Waals surface area contributed by atoms with Gasteiger partial charge in [0.05, 0.1) is 0 Å². The first kappa shape index (κ1) is 14.0. The number of halogens is 2. The molecule has 0 aliphatic rings. The van der Waals surface area contributed by atoms with Crippen LogP contribution in [0.4, 0.5) is 0 Å². The normalized spacial score (nSPS) is 11.6. The van der Waals surface area contributed by atoms with Gasteiger partial charge in [-0.3, -0.25) is 0 Å². The summed E-state index contributed by atoms with van der Waals surface area (Å²) >= 11 is 12.4. The van der Waals surface area contributed by atoms with E-state index in [2.05, 4.69) is 0 Å². The lowest BCUT2D eigenvalue weighted by atomic mass is 9.78. The molecule has 0 aliphatic heterocycles. The van der Waals surface area contributed by atoms with E-state index in [0.717, 1.165) is 11.1 Å². The third kappa shape index (κ3) is 2.65. The minimum Gasteiger partial charge on any atom is -0.508 e. The molecule has 19 heavy (non-hydrogen) atoms. The van der Waals surface area contributed by atoms with Crippen LogP contribution in [-0.2, 0) is 5.41 Å². The second-order valence-corrected chi connectivity index (χ2v) is 5.77. The summed E-state index contributed by atoms with van der Waals surface area (Å²) in [4.78, 5) is 0. The molecule has 0 aliphatic carbocycles. The fourth-order valence-electron chi connectivity index (χ4n) is 2.18. The molecule has 2 aromatic carbocycles. The lowest BCUT2D eigenvalue weighted by Gasteiger charge is -2.28. The van der Waals surface area contributed by atoms with Crippen LogP contribution in [0.2, 0.25) is 10.0 Å². The molecule has 0 bridgehead atoms. The molecule has 0 amide bonds. The minimum absolute atomic E-state index is 0.0419. The fraction of sp³-hybridized carbons (Fsp3) is 0.200. The van der Waals surface area contributed by atoms with Gasteiger partial charge in [-0.15, -0.1) is 0 Å². The van der Waals surface area contributed by atoms with Crippen LogP contribution in [0.5, 0.6) is 11.5 Å². The van der Waals surface area contributed by atoms with E-state index in [1.54, 1.807) is 12.1 Å². The highest BCUT2D eigenvalue weighted by atomic mass is 35.5. The van der Waals surface area contributed by atoms with Gasteiger partial charge in [-0.05, 0) is 35.4 Å². The van der Waals surface area contributed by atoms with Gasteiger partial charge in [0.15, 0.2) is 0 Å². The first-order valence-corrected chi connectivity index (χ1v) is 6.56. The quantitative estimate of drug-likeness (QED) is 0.841. The van der Waals surface area contributed by atoms with Gasteiger partial charge in [-0.25, -0.2) is 0 Å². The van der Waals surface area contributed by atoms with Gasteiger partial charge in [0.2, 0.25) is 0 Å². The SMILES string of the molecule is CC(C)(c1ccc(O)cc1)c1c(Cl)cc(O)cc1Cl. The van der Waals surface area contributed by atoms with Crippen molar-refractivity contribution in [2.45, 2.75) is 19.3 Å². The van der Waals surface area contributed by atoms with E-state index in [4.69, 9.17) is 23.2 Å². The highest BCUT2D eigenvalue weighted by molar-refractivity contribution is 6.36. The second-order valence-electron chi connectivity index (χ2n) is 4.96. The molecule has 4 heteroatoms. The number of benzene rings is 2. The second kappa shape index (κ2) is 4.95. The molecule has 2 aromatic rings. The Morgan fingerprint density at radius 1 is 0.842 bits per heavy atom. The summed E-state index contributed by atoms with van der Waals surface area (Å²) < 4.78 is 0. The number of hydrogen-bond acceptors (Lipinski definition) is 2. The molecule has 0 saturated carbocycles. The molecule has 0 saturated heterocycles. The maximum atomic E-state index is 9.49. The van der Waals surface area contributed by atoms with Gasteiger partial charge in [0.25, 0.3) is 0 Å². The lowest BCUT2D eigenvalue weighted by molar-refractivity contribution is 0.474. The Hall–Kier alpha value is -1.38. The van der Waals surface area contributed by atoms with Crippen molar-refractivity contribution in [2.24, 2.45) is 0 Å². The average Bonchev–Trinajstić information content (AvgIpc) is 2.27. The van der Waals surface area contributed by atoms with E-state index in [0.29, 0.717) is 10.0 Å². The monoisotopic (exact) mass is 296 g/mol. The Morgan fingerprint density at radius 3 is 1.79 bits per heavy atom. The molecular weight excluding hydrogens is 283 g/mol. The highest BCUT2D eigenvalue weighted by Crippen LogP contribution is 2.42. The van der Waals surface area contributed by atoms with E-state index in [9.17, 15) is 10.2 Å². The summed E-state index contributed by atoms with van der Waals surface area (Å²) in [5.74, 6) is 0.253. The van der Waals surface area contributed by atoms with Crippen molar-refractivity contribution in [3.63, 3.8) is 0 Å². The lowest BCUT2D eigenvalue weighted by Crippen LogP contribution is -2.20. The summed E-state index contributed by atoms with van der Waals surface area (Å²) in [6, 6.07) is 9.86. The predicted octanol–water partition coefficient (Wildman–Crippen LogP) is 4.73. The van der Waals surface area contributed by atoms with Crippen LogP contribution in [-0.4, -0.2) is 10.2 Å². The maximum Gasteiger partial charge on any atom is 0.118 e. The van der Waals surface area contributed by atoms with Crippen LogP contribution in [0.1, 0.15) is 25.0 Å². The third-order valence-electron chi connectivity index (χ3n) is 3.24. The van der Waals surface area contributed by atoms with Crippen LogP contribution < -0.4 is 0 Å². The van der Waals surface area contributed by atoms with Crippen molar-refractivity contribution in [3.8, 4) is 11.5 Å². The van der Waals surface area contributed by atoms with Crippen LogP contribution >= 0.6 is 23.2 Å². The number of phenolic OH excluding ortho intramolecular Hbond substituents is 2. The zero-order valence-corrected chi connectivity index (χ0v) is 12.1. The summed E-state index contributed by atoms with van der Waals surface area (Å²) in [5, 5.41) is 19.7. The molecule has 2 N–H and O–H groups in total. The zero-order valence-electron chi connectivity index (χ0n) is 10.6. The van der Waals surface area contributed by atoms with E-state index in [1.165, 1.54) is 12.1 Å². The van der Waals surface area contributed by atoms with Gasteiger partial charge < -0.3 is 10.2 Å². The molecule has 0 aromatic heterocycles. The molecule has 2 nitrogen and oxygen atoms in total. The molecule has 2 rings (SSSR count). The number of rotatable bonds is 2.